The zero-order chi connectivity index (χ0) is 29.9. The Hall–Kier alpha value is -0.810. The molecule has 0 bridgehead atoms. The van der Waals surface area contributed by atoms with Crippen molar-refractivity contribution in [1.82, 2.24) is 4.90 Å². The van der Waals surface area contributed by atoms with Crippen LogP contribution in [0.15, 0.2) is 0 Å². The lowest BCUT2D eigenvalue weighted by molar-refractivity contribution is -0.265. The summed E-state index contributed by atoms with van der Waals surface area (Å²) in [5.74, 6) is -1.33. The largest absolute Gasteiger partial charge is 0.459 e. The summed E-state index contributed by atoms with van der Waals surface area (Å²) in [4.78, 5) is 15.6. The average Bonchev–Trinajstić information content (AvgIpc) is 2.82. The van der Waals surface area contributed by atoms with Crippen LogP contribution in [0.2, 0.25) is 0 Å². The van der Waals surface area contributed by atoms with Gasteiger partial charge < -0.3 is 39.2 Å². The summed E-state index contributed by atoms with van der Waals surface area (Å²) >= 11 is 0. The minimum atomic E-state index is -1.67. The van der Waals surface area contributed by atoms with Gasteiger partial charge in [0.2, 0.25) is 0 Å². The molecule has 2 aliphatic heterocycles. The Morgan fingerprint density at radius 1 is 1.03 bits per heavy atom. The van der Waals surface area contributed by atoms with Gasteiger partial charge in [0.25, 0.3) is 0 Å². The topological polar surface area (TPSA) is 118 Å². The highest BCUT2D eigenvalue weighted by Gasteiger charge is 2.47. The van der Waals surface area contributed by atoms with Crippen molar-refractivity contribution in [3.05, 3.63) is 0 Å². The molecule has 0 aromatic carbocycles. The minimum Gasteiger partial charge on any atom is -0.459 e. The highest BCUT2D eigenvalue weighted by atomic mass is 16.7. The Kier molecular flexibility index (Phi) is 11.9. The van der Waals surface area contributed by atoms with Gasteiger partial charge in [-0.2, -0.15) is 0 Å². The van der Waals surface area contributed by atoms with Gasteiger partial charge in [-0.1, -0.05) is 20.8 Å². The molecule has 12 atom stereocenters. The molecule has 0 aliphatic carbocycles. The van der Waals surface area contributed by atoms with Crippen LogP contribution in [0.1, 0.15) is 94.4 Å². The van der Waals surface area contributed by atoms with Gasteiger partial charge in [-0.05, 0) is 79.7 Å². The van der Waals surface area contributed by atoms with Crippen molar-refractivity contribution in [2.75, 3.05) is 20.7 Å². The van der Waals surface area contributed by atoms with Gasteiger partial charge in [0.1, 0.15) is 17.8 Å². The van der Waals surface area contributed by atoms with Gasteiger partial charge in [-0.3, -0.25) is 4.79 Å². The molecular weight excluding hydrogens is 502 g/mol. The van der Waals surface area contributed by atoms with Gasteiger partial charge in [0.05, 0.1) is 29.3 Å². The van der Waals surface area contributed by atoms with Crippen LogP contribution in [0.5, 0.6) is 0 Å². The Morgan fingerprint density at radius 3 is 2.21 bits per heavy atom. The van der Waals surface area contributed by atoms with Crippen LogP contribution >= 0.6 is 0 Å². The molecule has 0 unspecified atom stereocenters. The summed E-state index contributed by atoms with van der Waals surface area (Å²) in [7, 11) is 3.58. The first kappa shape index (κ1) is 34.4. The average molecular weight is 560 g/mol. The number of rotatable bonds is 4. The van der Waals surface area contributed by atoms with Crippen LogP contribution in [0.3, 0.4) is 0 Å². The number of aliphatic hydroxyl groups is 3. The van der Waals surface area contributed by atoms with E-state index < -0.39 is 59.3 Å². The van der Waals surface area contributed by atoms with Crippen LogP contribution in [0.4, 0.5) is 0 Å². The van der Waals surface area contributed by atoms with E-state index in [0.29, 0.717) is 32.2 Å². The summed E-state index contributed by atoms with van der Waals surface area (Å²) in [5.41, 5.74) is -3.09. The van der Waals surface area contributed by atoms with Crippen molar-refractivity contribution in [3.8, 4) is 0 Å². The number of aliphatic hydroxyl groups excluding tert-OH is 1. The number of methoxy groups -OCH3 is 1. The maximum atomic E-state index is 13.6. The van der Waals surface area contributed by atoms with Crippen molar-refractivity contribution in [3.63, 3.8) is 0 Å². The summed E-state index contributed by atoms with van der Waals surface area (Å²) in [6.45, 7) is 17.5. The van der Waals surface area contributed by atoms with Crippen LogP contribution < -0.4 is 0 Å². The second-order valence-electron chi connectivity index (χ2n) is 13.5. The number of nitrogens with zero attached hydrogens (tertiary/aromatic N) is 1. The van der Waals surface area contributed by atoms with Crippen LogP contribution in [0.25, 0.3) is 0 Å². The molecule has 2 rings (SSSR count). The molecule has 2 fully saturated rings. The second kappa shape index (κ2) is 13.4. The monoisotopic (exact) mass is 559 g/mol. The second-order valence-corrected chi connectivity index (χ2v) is 13.5. The van der Waals surface area contributed by atoms with E-state index in [9.17, 15) is 20.1 Å². The van der Waals surface area contributed by atoms with Crippen molar-refractivity contribution < 1.29 is 39.1 Å². The van der Waals surface area contributed by atoms with Crippen LogP contribution in [-0.2, 0) is 23.7 Å². The lowest BCUT2D eigenvalue weighted by Crippen LogP contribution is -2.59. The maximum Gasteiger partial charge on any atom is 0.311 e. The zero-order valence-electron chi connectivity index (χ0n) is 26.3. The third-order valence-electron chi connectivity index (χ3n) is 9.11. The number of ether oxygens (including phenoxy) is 4. The number of hydrogen-bond acceptors (Lipinski definition) is 9. The fourth-order valence-electron chi connectivity index (χ4n) is 6.85. The molecule has 0 radical (unpaired) electrons. The highest BCUT2D eigenvalue weighted by molar-refractivity contribution is 5.73. The van der Waals surface area contributed by atoms with Crippen molar-refractivity contribution >= 4 is 5.97 Å². The van der Waals surface area contributed by atoms with E-state index in [1.54, 1.807) is 14.0 Å². The first-order chi connectivity index (χ1) is 17.9. The molecule has 3 N–H and O–H groups in total. The number of carbonyl (C=O) groups is 1. The number of cyclic esters (lactones) is 1. The fraction of sp³-hybridized carbons (Fsp3) is 0.967. The summed E-state index contributed by atoms with van der Waals surface area (Å²) in [6, 6.07) is -0.404. The normalized spacial score (nSPS) is 48.2. The third-order valence-corrected chi connectivity index (χ3v) is 9.11. The van der Waals surface area contributed by atoms with Gasteiger partial charge in [-0.15, -0.1) is 0 Å². The molecule has 2 heterocycles. The van der Waals surface area contributed by atoms with E-state index in [2.05, 4.69) is 6.92 Å². The molecular formula is C30H57NO8. The number of hydrogen-bond donors (Lipinski definition) is 3. The number of carbonyl (C=O) groups excluding carboxylic acids is 1. The lowest BCUT2D eigenvalue weighted by Gasteiger charge is -2.43. The highest BCUT2D eigenvalue weighted by Crippen LogP contribution is 2.37. The lowest BCUT2D eigenvalue weighted by atomic mass is 9.80. The molecule has 0 aromatic heterocycles. The van der Waals surface area contributed by atoms with Crippen LogP contribution in [0, 0.1) is 17.8 Å². The minimum absolute atomic E-state index is 0.0856. The Balaban J connectivity index is 2.45. The first-order valence-electron chi connectivity index (χ1n) is 14.7. The zero-order valence-corrected chi connectivity index (χ0v) is 26.3. The number of likely N-dealkylation sites (N-methyl/N-ethyl adjacent to an activating group) is 1. The van der Waals surface area contributed by atoms with Gasteiger partial charge >= 0.3 is 5.97 Å². The quantitative estimate of drug-likeness (QED) is 0.445. The Labute approximate surface area is 236 Å². The fourth-order valence-corrected chi connectivity index (χ4v) is 6.85. The number of esters is 1. The van der Waals surface area contributed by atoms with Gasteiger partial charge in [-0.25, -0.2) is 0 Å². The third kappa shape index (κ3) is 8.84. The van der Waals surface area contributed by atoms with Gasteiger partial charge in [0.15, 0.2) is 6.29 Å². The van der Waals surface area contributed by atoms with E-state index in [0.717, 1.165) is 6.42 Å². The summed E-state index contributed by atoms with van der Waals surface area (Å²) < 4.78 is 24.3. The van der Waals surface area contributed by atoms with E-state index in [-0.39, 0.29) is 17.9 Å². The summed E-state index contributed by atoms with van der Waals surface area (Å²) in [5, 5.41) is 34.1. The SMILES string of the molecule is CC[C@H]1OC(=O)[C@H](C)[C@@H](O[C@H]2C[C@@](C)(OC)C[C@H](C)O2)[C@H](C)C[C@](C)(O)C[C@@H](C)CN(C)[C@H](C)[C@@H](O)[C@]1(C)O. The van der Waals surface area contributed by atoms with E-state index in [1.165, 1.54) is 6.92 Å². The van der Waals surface area contributed by atoms with Crippen molar-refractivity contribution in [2.45, 2.75) is 148 Å². The predicted octanol–water partition coefficient (Wildman–Crippen LogP) is 3.51. The van der Waals surface area contributed by atoms with Crippen LogP contribution in [-0.4, -0.2) is 100 Å². The Morgan fingerprint density at radius 2 is 1.64 bits per heavy atom. The molecule has 9 heteroatoms. The molecule has 0 amide bonds. The Bertz CT molecular complexity index is 791. The molecule has 0 saturated carbocycles. The maximum absolute atomic E-state index is 13.6. The standard InChI is InChI=1S/C30H57NO8/c1-12-23-30(9,35)26(32)22(6)31(10)17-18(2)13-28(7,34)14-19(3)25(21(5)27(33)38-23)39-24-16-29(8,36-11)15-20(4)37-24/h18-26,32,34-35H,12-17H2,1-11H3/t18-,19-,20+,21-,22-,23-,24+,25+,26-,28-,29+,30-/m1/s1. The van der Waals surface area contributed by atoms with Crippen molar-refractivity contribution in [2.24, 2.45) is 17.8 Å². The molecule has 2 saturated heterocycles. The van der Waals surface area contributed by atoms with E-state index in [4.69, 9.17) is 18.9 Å². The molecule has 9 nitrogen and oxygen atoms in total. The van der Waals surface area contributed by atoms with Gasteiger partial charge in [0, 0.05) is 32.5 Å². The molecule has 0 aromatic rings. The first-order valence-corrected chi connectivity index (χ1v) is 14.7. The molecule has 230 valence electrons. The smallest absolute Gasteiger partial charge is 0.311 e. The van der Waals surface area contributed by atoms with E-state index >= 15 is 0 Å². The molecule has 2 aliphatic rings. The van der Waals surface area contributed by atoms with Crippen molar-refractivity contribution in [1.29, 1.82) is 0 Å². The molecule has 39 heavy (non-hydrogen) atoms. The van der Waals surface area contributed by atoms with E-state index in [1.807, 2.05) is 53.5 Å². The molecule has 0 spiro atoms. The predicted molar refractivity (Wildman–Crippen MR) is 150 cm³/mol. The summed E-state index contributed by atoms with van der Waals surface area (Å²) in [6.07, 6.45) is -0.846.